The Kier molecular flexibility index (Phi) is 10.4. The highest BCUT2D eigenvalue weighted by Crippen LogP contribution is 2.29. The zero-order chi connectivity index (χ0) is 26.1. The summed E-state index contributed by atoms with van der Waals surface area (Å²) in [6.07, 6.45) is -0.388. The number of nitrogens with one attached hydrogen (secondary N) is 1. The minimum absolute atomic E-state index is 0.0316. The Morgan fingerprint density at radius 2 is 1.97 bits per heavy atom. The van der Waals surface area contributed by atoms with Gasteiger partial charge in [-0.3, -0.25) is 19.3 Å². The van der Waals surface area contributed by atoms with Crippen molar-refractivity contribution in [2.24, 2.45) is 0 Å². The molecule has 1 aromatic rings. The number of hydrogen-bond donors (Lipinski definition) is 3. The van der Waals surface area contributed by atoms with E-state index in [9.17, 15) is 27.7 Å². The molecule has 0 bridgehead atoms. The van der Waals surface area contributed by atoms with Crippen molar-refractivity contribution < 1.29 is 72.1 Å². The van der Waals surface area contributed by atoms with Crippen LogP contribution in [0.25, 0.3) is 0 Å². The van der Waals surface area contributed by atoms with E-state index in [1.165, 1.54) is 6.07 Å². The van der Waals surface area contributed by atoms with Gasteiger partial charge in [-0.1, -0.05) is 0 Å². The third kappa shape index (κ3) is 8.12. The number of aliphatic hydroxyl groups excluding tert-OH is 1. The summed E-state index contributed by atoms with van der Waals surface area (Å²) < 4.78 is 32.7. The number of carbonyl (C=O) groups is 4. The molecule has 0 aromatic heterocycles. The number of benzene rings is 1. The predicted molar refractivity (Wildman–Crippen MR) is 112 cm³/mol. The Morgan fingerprint density at radius 3 is 2.67 bits per heavy atom. The van der Waals surface area contributed by atoms with Crippen molar-refractivity contribution in [2.45, 2.75) is 44.4 Å². The fraction of sp³-hybridized carbons (Fsp3) is 0.455. The third-order valence-corrected chi connectivity index (χ3v) is 5.77. The summed E-state index contributed by atoms with van der Waals surface area (Å²) in [5.74, 6) is -2.09. The van der Waals surface area contributed by atoms with Crippen molar-refractivity contribution in [1.29, 1.82) is 0 Å². The minimum atomic E-state index is -1.65. The van der Waals surface area contributed by atoms with Gasteiger partial charge in [-0.15, -0.1) is 3.07 Å². The molecule has 3 N–H and O–H groups in total. The second-order valence-electron chi connectivity index (χ2n) is 7.87. The van der Waals surface area contributed by atoms with Crippen LogP contribution in [-0.4, -0.2) is 77.0 Å². The summed E-state index contributed by atoms with van der Waals surface area (Å²) in [4.78, 5) is 47.0. The molecule has 13 nitrogen and oxygen atoms in total. The second kappa shape index (κ2) is 13.5. The fourth-order valence-corrected chi connectivity index (χ4v) is 3.92. The first kappa shape index (κ1) is 27.8. The number of rotatable bonds is 13. The van der Waals surface area contributed by atoms with Crippen molar-refractivity contribution in [1.82, 2.24) is 10.2 Å². The number of halogens is 1. The summed E-state index contributed by atoms with van der Waals surface area (Å²) in [7, 11) is 0. The van der Waals surface area contributed by atoms with E-state index in [0.29, 0.717) is 23.5 Å². The van der Waals surface area contributed by atoms with Gasteiger partial charge in [0.05, 0.1) is 12.7 Å². The van der Waals surface area contributed by atoms with E-state index in [1.54, 1.807) is 12.1 Å². The molecule has 2 aliphatic rings. The van der Waals surface area contributed by atoms with Crippen molar-refractivity contribution >= 4 is 23.7 Å². The standard InChI is InChI=1S/C22H25IN2O11/c26-14-8-17(22(30)31)36-21(9-14)35-15-3-2-13(12-34-23-32)16(10-15)33-7-1-6-24-18(27)11-25-19(28)4-5-20(25)29/h2-5,10,14,17,21,26H,1,6-9,11-12H2,(H,24,27)(H,30,31)/t14-,17-,21+/m0/s1. The number of aliphatic hydroxyl groups is 1. The second-order valence-corrected chi connectivity index (χ2v) is 8.85. The van der Waals surface area contributed by atoms with Gasteiger partial charge in [0, 0.05) is 43.2 Å². The molecular formula is C22H25IN2O11. The Labute approximate surface area is 217 Å². The topological polar surface area (TPSA) is 184 Å². The van der Waals surface area contributed by atoms with Crippen LogP contribution in [0.4, 0.5) is 0 Å². The monoisotopic (exact) mass is 620 g/mol. The maximum atomic E-state index is 12.0. The van der Waals surface area contributed by atoms with E-state index in [0.717, 1.165) is 17.1 Å². The average Bonchev–Trinajstić information content (AvgIpc) is 3.15. The molecular weight excluding hydrogens is 595 g/mol. The van der Waals surface area contributed by atoms with E-state index in [-0.39, 0.29) is 39.1 Å². The van der Waals surface area contributed by atoms with E-state index >= 15 is 0 Å². The Morgan fingerprint density at radius 1 is 1.22 bits per heavy atom. The number of carboxylic acids is 1. The largest absolute Gasteiger partial charge is 0.567 e. The minimum Gasteiger partial charge on any atom is -0.567 e. The van der Waals surface area contributed by atoms with Gasteiger partial charge in [0.2, 0.25) is 12.2 Å². The summed E-state index contributed by atoms with van der Waals surface area (Å²) in [5, 5.41) is 21.7. The molecule has 1 saturated heterocycles. The molecule has 1 fully saturated rings. The normalized spacial score (nSPS) is 21.5. The van der Waals surface area contributed by atoms with Crippen LogP contribution >= 0.6 is 0 Å². The van der Waals surface area contributed by atoms with Crippen LogP contribution in [0.3, 0.4) is 0 Å². The van der Waals surface area contributed by atoms with Crippen molar-refractivity contribution in [3.05, 3.63) is 35.9 Å². The molecule has 0 saturated carbocycles. The molecule has 0 unspecified atom stereocenters. The van der Waals surface area contributed by atoms with Gasteiger partial charge in [0.25, 0.3) is 11.8 Å². The Hall–Kier alpha value is -2.79. The number of ether oxygens (including phenoxy) is 3. The number of imide groups is 1. The number of carbonyl (C=O) groups excluding carboxylic acids is 3. The summed E-state index contributed by atoms with van der Waals surface area (Å²) in [5.41, 5.74) is 0.591. The molecule has 1 aromatic carbocycles. The smallest absolute Gasteiger partial charge is 0.453 e. The highest BCUT2D eigenvalue weighted by atomic mass is 127. The van der Waals surface area contributed by atoms with Gasteiger partial charge < -0.3 is 33.2 Å². The van der Waals surface area contributed by atoms with Crippen LogP contribution in [0.15, 0.2) is 30.4 Å². The lowest BCUT2D eigenvalue weighted by Crippen LogP contribution is -3.70. The summed E-state index contributed by atoms with van der Waals surface area (Å²) in [6, 6.07) is 4.76. The maximum absolute atomic E-state index is 12.0. The highest BCUT2D eigenvalue weighted by molar-refractivity contribution is 6.14. The Bertz CT molecular complexity index is 984. The van der Waals surface area contributed by atoms with Crippen LogP contribution in [-0.2, 0) is 33.6 Å². The molecule has 0 radical (unpaired) electrons. The van der Waals surface area contributed by atoms with E-state index < -0.39 is 64.2 Å². The third-order valence-electron chi connectivity index (χ3n) is 5.21. The molecule has 196 valence electrons. The Balaban J connectivity index is 1.51. The predicted octanol–water partition coefficient (Wildman–Crippen LogP) is -4.38. The van der Waals surface area contributed by atoms with Gasteiger partial charge in [-0.05, 0) is 18.6 Å². The van der Waals surface area contributed by atoms with E-state index in [2.05, 4.69) is 5.32 Å². The molecule has 0 aliphatic carbocycles. The van der Waals surface area contributed by atoms with E-state index in [4.69, 9.17) is 22.4 Å². The van der Waals surface area contributed by atoms with Crippen molar-refractivity contribution in [2.75, 3.05) is 19.7 Å². The van der Waals surface area contributed by atoms with Gasteiger partial charge >= 0.3 is 28.0 Å². The van der Waals surface area contributed by atoms with Crippen LogP contribution in [0.2, 0.25) is 0 Å². The first-order valence-electron chi connectivity index (χ1n) is 10.9. The quantitative estimate of drug-likeness (QED) is 0.110. The SMILES string of the molecule is O=C(CN1C(=O)C=CC1=O)NCCCOc1cc(O[C@H]2C[C@@H](O)C[C@@H](C(=O)O)O2)ccc1CO[I+][O-]. The molecule has 2 heterocycles. The molecule has 3 amide bonds. The van der Waals surface area contributed by atoms with Gasteiger partial charge in [-0.25, -0.2) is 4.79 Å². The molecule has 36 heavy (non-hydrogen) atoms. The zero-order valence-electron chi connectivity index (χ0n) is 19.0. The number of aliphatic carboxylic acids is 1. The van der Waals surface area contributed by atoms with Crippen LogP contribution in [0, 0.1) is 0 Å². The van der Waals surface area contributed by atoms with Crippen molar-refractivity contribution in [3.63, 3.8) is 0 Å². The highest BCUT2D eigenvalue weighted by Gasteiger charge is 2.34. The maximum Gasteiger partial charge on any atom is 0.453 e. The lowest BCUT2D eigenvalue weighted by Gasteiger charge is -2.31. The fourth-order valence-electron chi connectivity index (χ4n) is 3.46. The summed E-state index contributed by atoms with van der Waals surface area (Å²) in [6.45, 7) is 0.0626. The van der Waals surface area contributed by atoms with Gasteiger partial charge in [-0.2, -0.15) is 0 Å². The number of nitrogens with zero attached hydrogens (tertiary/aromatic N) is 1. The van der Waals surface area contributed by atoms with Crippen LogP contribution < -0.4 is 40.3 Å². The molecule has 3 atom stereocenters. The summed E-state index contributed by atoms with van der Waals surface area (Å²) >= 11 is -1.65. The average molecular weight is 620 g/mol. The first-order valence-corrected chi connectivity index (χ1v) is 12.7. The van der Waals surface area contributed by atoms with Crippen LogP contribution in [0.1, 0.15) is 24.8 Å². The lowest BCUT2D eigenvalue weighted by molar-refractivity contribution is -1.27. The lowest BCUT2D eigenvalue weighted by atomic mass is 10.1. The first-order chi connectivity index (χ1) is 17.3. The number of hydrogen-bond acceptors (Lipinski definition) is 10. The van der Waals surface area contributed by atoms with Crippen molar-refractivity contribution in [3.8, 4) is 11.5 Å². The van der Waals surface area contributed by atoms with Crippen LogP contribution in [0.5, 0.6) is 11.5 Å². The molecule has 0 spiro atoms. The van der Waals surface area contributed by atoms with Gasteiger partial charge in [0.1, 0.15) is 24.7 Å². The molecule has 2 aliphatic heterocycles. The van der Waals surface area contributed by atoms with E-state index in [1.807, 2.05) is 0 Å². The van der Waals surface area contributed by atoms with Gasteiger partial charge in [0.15, 0.2) is 6.10 Å². The zero-order valence-corrected chi connectivity index (χ0v) is 21.1. The number of carboxylic acid groups (broad SMARTS) is 1. The molecule has 3 rings (SSSR count). The number of amides is 3. The molecule has 14 heteroatoms.